The minimum absolute atomic E-state index is 0.528. The van der Waals surface area contributed by atoms with Crippen LogP contribution in [0.5, 0.6) is 0 Å². The van der Waals surface area contributed by atoms with E-state index in [1.54, 1.807) is 0 Å². The van der Waals surface area contributed by atoms with Gasteiger partial charge >= 0.3 is 0 Å². The van der Waals surface area contributed by atoms with Gasteiger partial charge in [0, 0.05) is 55.1 Å². The maximum absolute atomic E-state index is 11.3. The molecule has 0 saturated carbocycles. The van der Waals surface area contributed by atoms with Gasteiger partial charge in [-0.1, -0.05) is 146 Å². The molecule has 6 nitrogen and oxygen atoms in total. The third-order valence-electron chi connectivity index (χ3n) is 12.1. The number of anilines is 3. The first kappa shape index (κ1) is 36.1. The van der Waals surface area contributed by atoms with E-state index in [0.29, 0.717) is 11.4 Å². The third kappa shape index (κ3) is 5.79. The van der Waals surface area contributed by atoms with Crippen LogP contribution in [0.15, 0.2) is 218 Å². The number of fused-ring (bicyclic) bond motifs is 8. The summed E-state index contributed by atoms with van der Waals surface area (Å²) in [5, 5.41) is 16.7. The Hall–Kier alpha value is -8.79. The van der Waals surface area contributed by atoms with Crippen LogP contribution in [0.1, 0.15) is 5.56 Å². The highest BCUT2D eigenvalue weighted by Crippen LogP contribution is 2.49. The molecule has 0 aliphatic rings. The Balaban J connectivity index is 1.22. The molecule has 0 atom stereocenters. The van der Waals surface area contributed by atoms with Crippen LogP contribution >= 0.6 is 0 Å². The maximum atomic E-state index is 11.3. The summed E-state index contributed by atoms with van der Waals surface area (Å²) in [5.74, 6) is 0.638. The highest BCUT2D eigenvalue weighted by molar-refractivity contribution is 6.29. The molecule has 0 N–H and O–H groups in total. The van der Waals surface area contributed by atoms with Gasteiger partial charge in [-0.25, -0.2) is 9.97 Å². The Morgan fingerprint density at radius 2 is 1.02 bits per heavy atom. The maximum Gasteiger partial charge on any atom is 0.160 e. The molecule has 0 bridgehead atoms. The summed E-state index contributed by atoms with van der Waals surface area (Å²) in [4.78, 5) is 12.5. The zero-order valence-corrected chi connectivity index (χ0v) is 34.0. The standard InChI is InChI=1S/C57H36N6/c58-37-40-35-39(54-45-28-13-16-30-48(45)59-57(60-54)38-19-5-1-6-20-38)33-34-49(40)63-51-32-18-15-29-46(51)53-55-47(44-27-14-17-31-50(44)62(55)43-25-11-4-12-26-43)36-52(56(53)63)61(41-21-7-2-8-22-41)42-23-9-3-10-24-42/h1-36H. The molecule has 9 aromatic carbocycles. The number of aromatic nitrogens is 4. The van der Waals surface area contributed by atoms with Crippen LogP contribution in [0.4, 0.5) is 17.1 Å². The molecule has 294 valence electrons. The summed E-state index contributed by atoms with van der Waals surface area (Å²) < 4.78 is 4.71. The fourth-order valence-corrected chi connectivity index (χ4v) is 9.41. The molecule has 0 fully saturated rings. The molecule has 0 saturated heterocycles. The Morgan fingerprint density at radius 1 is 0.444 bits per heavy atom. The van der Waals surface area contributed by atoms with Gasteiger partial charge < -0.3 is 14.0 Å². The van der Waals surface area contributed by atoms with Gasteiger partial charge in [0.05, 0.1) is 50.2 Å². The van der Waals surface area contributed by atoms with Crippen LogP contribution in [-0.4, -0.2) is 19.1 Å². The number of hydrogen-bond donors (Lipinski definition) is 0. The van der Waals surface area contributed by atoms with Crippen molar-refractivity contribution in [3.8, 4) is 40.1 Å². The molecule has 3 aromatic heterocycles. The van der Waals surface area contributed by atoms with E-state index in [0.717, 1.165) is 99.8 Å². The molecule has 0 unspecified atom stereocenters. The molecule has 0 radical (unpaired) electrons. The summed E-state index contributed by atoms with van der Waals surface area (Å²) in [6.07, 6.45) is 0. The number of nitrogens with zero attached hydrogens (tertiary/aromatic N) is 6. The fraction of sp³-hybridized carbons (Fsp3) is 0. The van der Waals surface area contributed by atoms with Crippen molar-refractivity contribution in [1.82, 2.24) is 19.1 Å². The van der Waals surface area contributed by atoms with Crippen LogP contribution in [-0.2, 0) is 0 Å². The van der Waals surface area contributed by atoms with Crippen molar-refractivity contribution in [2.75, 3.05) is 4.90 Å². The van der Waals surface area contributed by atoms with Crippen molar-refractivity contribution in [3.63, 3.8) is 0 Å². The minimum Gasteiger partial charge on any atom is -0.309 e. The topological polar surface area (TPSA) is 62.7 Å². The van der Waals surface area contributed by atoms with E-state index >= 15 is 0 Å². The lowest BCUT2D eigenvalue weighted by Gasteiger charge is -2.27. The van der Waals surface area contributed by atoms with Gasteiger partial charge in [0.1, 0.15) is 6.07 Å². The molecule has 3 heterocycles. The van der Waals surface area contributed by atoms with Crippen molar-refractivity contribution in [1.29, 1.82) is 5.26 Å². The van der Waals surface area contributed by atoms with Crippen LogP contribution in [0.3, 0.4) is 0 Å². The van der Waals surface area contributed by atoms with Crippen LogP contribution in [0.25, 0.3) is 88.5 Å². The predicted octanol–water partition coefficient (Wildman–Crippen LogP) is 14.5. The Labute approximate surface area is 363 Å². The van der Waals surface area contributed by atoms with E-state index < -0.39 is 0 Å². The molecular formula is C57H36N6. The molecule has 6 heteroatoms. The van der Waals surface area contributed by atoms with E-state index in [1.165, 1.54) is 0 Å². The molecule has 0 aliphatic heterocycles. The molecule has 12 aromatic rings. The number of nitriles is 1. The zero-order valence-electron chi connectivity index (χ0n) is 34.0. The monoisotopic (exact) mass is 804 g/mol. The van der Waals surface area contributed by atoms with E-state index in [2.05, 4.69) is 184 Å². The largest absolute Gasteiger partial charge is 0.309 e. The minimum atomic E-state index is 0.528. The lowest BCUT2D eigenvalue weighted by molar-refractivity contribution is 1.15. The SMILES string of the molecule is N#Cc1cc(-c2nc(-c3ccccc3)nc3ccccc23)ccc1-n1c2ccccc2c2c1c(N(c1ccccc1)c1ccccc1)cc1c3ccccc3n(-c3ccccc3)c12. The quantitative estimate of drug-likeness (QED) is 0.161. The molecule has 0 aliphatic carbocycles. The average Bonchev–Trinajstić information content (AvgIpc) is 3.88. The number of para-hydroxylation sites is 6. The Morgan fingerprint density at radius 3 is 1.70 bits per heavy atom. The molecule has 0 spiro atoms. The van der Waals surface area contributed by atoms with Crippen molar-refractivity contribution in [2.45, 2.75) is 0 Å². The number of hydrogen-bond acceptors (Lipinski definition) is 4. The summed E-state index contributed by atoms with van der Waals surface area (Å²) in [6, 6.07) is 78.3. The normalized spacial score (nSPS) is 11.5. The average molecular weight is 805 g/mol. The van der Waals surface area contributed by atoms with E-state index in [1.807, 2.05) is 54.6 Å². The highest BCUT2D eigenvalue weighted by atomic mass is 15.2. The summed E-state index contributed by atoms with van der Waals surface area (Å²) in [7, 11) is 0. The van der Waals surface area contributed by atoms with Gasteiger partial charge in [-0.05, 0) is 72.8 Å². The predicted molar refractivity (Wildman–Crippen MR) is 258 cm³/mol. The summed E-state index contributed by atoms with van der Waals surface area (Å²) in [6.45, 7) is 0. The second-order valence-corrected chi connectivity index (χ2v) is 15.7. The molecular weight excluding hydrogens is 769 g/mol. The van der Waals surface area contributed by atoms with Crippen molar-refractivity contribution >= 4 is 71.6 Å². The van der Waals surface area contributed by atoms with Gasteiger partial charge in [-0.3, -0.25) is 0 Å². The fourth-order valence-electron chi connectivity index (χ4n) is 9.41. The third-order valence-corrected chi connectivity index (χ3v) is 12.1. The highest BCUT2D eigenvalue weighted by Gasteiger charge is 2.28. The van der Waals surface area contributed by atoms with Crippen molar-refractivity contribution < 1.29 is 0 Å². The lowest BCUT2D eigenvalue weighted by atomic mass is 10.0. The van der Waals surface area contributed by atoms with Gasteiger partial charge in [0.2, 0.25) is 0 Å². The van der Waals surface area contributed by atoms with Gasteiger partial charge in [0.25, 0.3) is 0 Å². The van der Waals surface area contributed by atoms with E-state index in [-0.39, 0.29) is 0 Å². The van der Waals surface area contributed by atoms with E-state index in [9.17, 15) is 5.26 Å². The smallest absolute Gasteiger partial charge is 0.160 e. The first-order valence-electron chi connectivity index (χ1n) is 21.1. The molecule has 12 rings (SSSR count). The lowest BCUT2D eigenvalue weighted by Crippen LogP contribution is -2.12. The summed E-state index contributed by atoms with van der Waals surface area (Å²) >= 11 is 0. The van der Waals surface area contributed by atoms with Gasteiger partial charge in [-0.2, -0.15) is 5.26 Å². The van der Waals surface area contributed by atoms with Crippen LogP contribution < -0.4 is 4.90 Å². The molecule has 0 amide bonds. The van der Waals surface area contributed by atoms with Crippen LogP contribution in [0.2, 0.25) is 0 Å². The van der Waals surface area contributed by atoms with Crippen molar-refractivity contribution in [2.24, 2.45) is 0 Å². The molecule has 63 heavy (non-hydrogen) atoms. The number of rotatable bonds is 7. The first-order chi connectivity index (χ1) is 31.2. The second kappa shape index (κ2) is 14.7. The Kier molecular flexibility index (Phi) is 8.44. The summed E-state index contributed by atoms with van der Waals surface area (Å²) in [5.41, 5.74) is 13.0. The van der Waals surface area contributed by atoms with Crippen LogP contribution in [0, 0.1) is 11.3 Å². The number of benzene rings is 9. The Bertz CT molecular complexity index is 3700. The van der Waals surface area contributed by atoms with Crippen molar-refractivity contribution in [3.05, 3.63) is 224 Å². The van der Waals surface area contributed by atoms with Gasteiger partial charge in [0.15, 0.2) is 5.82 Å². The zero-order chi connectivity index (χ0) is 41.9. The first-order valence-corrected chi connectivity index (χ1v) is 21.1. The second-order valence-electron chi connectivity index (χ2n) is 15.7. The van der Waals surface area contributed by atoms with Gasteiger partial charge in [-0.15, -0.1) is 0 Å². The van der Waals surface area contributed by atoms with E-state index in [4.69, 9.17) is 9.97 Å².